The molecule has 0 saturated carbocycles. The van der Waals surface area contributed by atoms with Crippen LogP contribution in [0.1, 0.15) is 18.7 Å². The lowest BCUT2D eigenvalue weighted by Crippen LogP contribution is -2.44. The molecule has 3 rings (SSSR count). The van der Waals surface area contributed by atoms with Crippen LogP contribution in [-0.2, 0) is 0 Å². The minimum absolute atomic E-state index is 0.259. The van der Waals surface area contributed by atoms with Crippen LogP contribution in [0.5, 0.6) is 0 Å². The van der Waals surface area contributed by atoms with Gasteiger partial charge in [0.1, 0.15) is 11.6 Å². The van der Waals surface area contributed by atoms with E-state index in [2.05, 4.69) is 38.1 Å². The molecular formula is C12H13BrFN3. The number of aromatic amines is 1. The summed E-state index contributed by atoms with van der Waals surface area (Å²) in [6.45, 7) is 4.24. The minimum Gasteiger partial charge on any atom is -0.342 e. The summed E-state index contributed by atoms with van der Waals surface area (Å²) in [6.07, 6.45) is 0. The molecule has 1 saturated heterocycles. The summed E-state index contributed by atoms with van der Waals surface area (Å²) < 4.78 is 13.8. The number of fused-ring (bicyclic) bond motifs is 1. The monoisotopic (exact) mass is 297 g/mol. The van der Waals surface area contributed by atoms with Crippen molar-refractivity contribution in [1.82, 2.24) is 15.3 Å². The summed E-state index contributed by atoms with van der Waals surface area (Å²) in [5.41, 5.74) is 1.58. The summed E-state index contributed by atoms with van der Waals surface area (Å²) in [4.78, 5) is 7.75. The topological polar surface area (TPSA) is 40.7 Å². The average Bonchev–Trinajstić information content (AvgIpc) is 2.59. The van der Waals surface area contributed by atoms with Gasteiger partial charge >= 0.3 is 0 Å². The normalized spacial score (nSPS) is 18.3. The lowest BCUT2D eigenvalue weighted by atomic mass is 9.88. The molecule has 1 fully saturated rings. The quantitative estimate of drug-likeness (QED) is 0.895. The summed E-state index contributed by atoms with van der Waals surface area (Å²) >= 11 is 3.18. The van der Waals surface area contributed by atoms with E-state index in [0.717, 1.165) is 29.9 Å². The average molecular weight is 298 g/mol. The first kappa shape index (κ1) is 11.2. The highest BCUT2D eigenvalue weighted by Crippen LogP contribution is 2.28. The molecule has 90 valence electrons. The number of imidazole rings is 1. The Morgan fingerprint density at radius 1 is 1.47 bits per heavy atom. The molecule has 0 aliphatic carbocycles. The number of nitrogens with zero attached hydrogens (tertiary/aromatic N) is 1. The van der Waals surface area contributed by atoms with E-state index in [9.17, 15) is 4.39 Å². The van der Waals surface area contributed by atoms with Crippen LogP contribution in [0.25, 0.3) is 11.0 Å². The molecule has 2 N–H and O–H groups in total. The van der Waals surface area contributed by atoms with Crippen LogP contribution in [0.15, 0.2) is 16.6 Å². The Morgan fingerprint density at radius 3 is 2.88 bits per heavy atom. The van der Waals surface area contributed by atoms with Gasteiger partial charge in [-0.2, -0.15) is 0 Å². The van der Waals surface area contributed by atoms with Gasteiger partial charge in [-0.15, -0.1) is 0 Å². The summed E-state index contributed by atoms with van der Waals surface area (Å²) in [5.74, 6) is 1.70. The molecule has 17 heavy (non-hydrogen) atoms. The summed E-state index contributed by atoms with van der Waals surface area (Å²) in [7, 11) is 0. The van der Waals surface area contributed by atoms with E-state index >= 15 is 0 Å². The Kier molecular flexibility index (Phi) is 2.67. The van der Waals surface area contributed by atoms with Crippen molar-refractivity contribution in [3.63, 3.8) is 0 Å². The van der Waals surface area contributed by atoms with E-state index in [1.54, 1.807) is 6.07 Å². The molecule has 1 atom stereocenters. The SMILES string of the molecule is CC(c1nc2cc(Br)c(F)cc2[nH]1)C1CNC1. The molecule has 0 amide bonds. The van der Waals surface area contributed by atoms with Gasteiger partial charge in [-0.1, -0.05) is 6.92 Å². The van der Waals surface area contributed by atoms with Crippen molar-refractivity contribution >= 4 is 27.0 Å². The lowest BCUT2D eigenvalue weighted by molar-refractivity contribution is 0.297. The van der Waals surface area contributed by atoms with E-state index < -0.39 is 0 Å². The first-order chi connectivity index (χ1) is 8.15. The maximum Gasteiger partial charge on any atom is 0.139 e. The number of hydrogen-bond donors (Lipinski definition) is 2. The van der Waals surface area contributed by atoms with Gasteiger partial charge in [0.15, 0.2) is 0 Å². The molecule has 3 nitrogen and oxygen atoms in total. The molecule has 2 aromatic rings. The van der Waals surface area contributed by atoms with Gasteiger partial charge in [-0.05, 0) is 41.0 Å². The molecular weight excluding hydrogens is 285 g/mol. The second-order valence-electron chi connectivity index (χ2n) is 4.61. The number of aromatic nitrogens is 2. The van der Waals surface area contributed by atoms with Crippen molar-refractivity contribution in [2.24, 2.45) is 5.92 Å². The number of rotatable bonds is 2. The van der Waals surface area contributed by atoms with Crippen LogP contribution in [0, 0.1) is 11.7 Å². The Bertz CT molecular complexity index is 523. The third-order valence-corrected chi connectivity index (χ3v) is 4.10. The number of halogens is 2. The van der Waals surface area contributed by atoms with Crippen LogP contribution in [0.4, 0.5) is 4.39 Å². The van der Waals surface area contributed by atoms with Crippen LogP contribution in [0.3, 0.4) is 0 Å². The first-order valence-electron chi connectivity index (χ1n) is 5.70. The highest BCUT2D eigenvalue weighted by molar-refractivity contribution is 9.10. The Labute approximate surface area is 107 Å². The summed E-state index contributed by atoms with van der Waals surface area (Å²) in [6, 6.07) is 3.21. The van der Waals surface area contributed by atoms with E-state index in [1.165, 1.54) is 6.07 Å². The van der Waals surface area contributed by atoms with E-state index in [4.69, 9.17) is 0 Å². The highest BCUT2D eigenvalue weighted by atomic mass is 79.9. The predicted molar refractivity (Wildman–Crippen MR) is 68.5 cm³/mol. The number of nitrogens with one attached hydrogen (secondary N) is 2. The molecule has 1 aromatic carbocycles. The second-order valence-corrected chi connectivity index (χ2v) is 5.47. The van der Waals surface area contributed by atoms with E-state index in [-0.39, 0.29) is 5.82 Å². The third kappa shape index (κ3) is 1.87. The Morgan fingerprint density at radius 2 is 2.24 bits per heavy atom. The zero-order valence-electron chi connectivity index (χ0n) is 9.43. The first-order valence-corrected chi connectivity index (χ1v) is 6.50. The maximum atomic E-state index is 13.4. The van der Waals surface area contributed by atoms with Gasteiger partial charge in [-0.25, -0.2) is 9.37 Å². The number of hydrogen-bond acceptors (Lipinski definition) is 2. The lowest BCUT2D eigenvalue weighted by Gasteiger charge is -2.31. The largest absolute Gasteiger partial charge is 0.342 e. The van der Waals surface area contributed by atoms with Crippen molar-refractivity contribution in [3.05, 3.63) is 28.2 Å². The number of benzene rings is 1. The molecule has 2 heterocycles. The fourth-order valence-electron chi connectivity index (χ4n) is 2.13. The van der Waals surface area contributed by atoms with E-state index in [0.29, 0.717) is 16.3 Å². The van der Waals surface area contributed by atoms with Crippen molar-refractivity contribution in [2.75, 3.05) is 13.1 Å². The molecule has 1 unspecified atom stereocenters. The smallest absolute Gasteiger partial charge is 0.139 e. The van der Waals surface area contributed by atoms with Crippen LogP contribution in [-0.4, -0.2) is 23.1 Å². The summed E-state index contributed by atoms with van der Waals surface area (Å²) in [5, 5.41) is 3.25. The van der Waals surface area contributed by atoms with Crippen LogP contribution in [0.2, 0.25) is 0 Å². The minimum atomic E-state index is -0.259. The standard InChI is InChI=1S/C12H13BrFN3/c1-6(7-4-15-5-7)12-16-10-2-8(13)9(14)3-11(10)17-12/h2-3,6-7,15H,4-5H2,1H3,(H,16,17). The fourth-order valence-corrected chi connectivity index (χ4v) is 2.46. The Hall–Kier alpha value is -0.940. The van der Waals surface area contributed by atoms with E-state index in [1.807, 2.05) is 0 Å². The van der Waals surface area contributed by atoms with Crippen molar-refractivity contribution in [2.45, 2.75) is 12.8 Å². The molecule has 0 radical (unpaired) electrons. The molecule has 5 heteroatoms. The van der Waals surface area contributed by atoms with Crippen molar-refractivity contribution in [3.8, 4) is 0 Å². The highest BCUT2D eigenvalue weighted by Gasteiger charge is 2.26. The second kappa shape index (κ2) is 4.07. The number of H-pyrrole nitrogens is 1. The molecule has 1 aliphatic rings. The van der Waals surface area contributed by atoms with Crippen LogP contribution < -0.4 is 5.32 Å². The zero-order valence-corrected chi connectivity index (χ0v) is 11.0. The molecule has 1 aromatic heterocycles. The van der Waals surface area contributed by atoms with Gasteiger partial charge in [0.2, 0.25) is 0 Å². The fraction of sp³-hybridized carbons (Fsp3) is 0.417. The Balaban J connectivity index is 2.00. The van der Waals surface area contributed by atoms with Crippen molar-refractivity contribution in [1.29, 1.82) is 0 Å². The molecule has 0 bridgehead atoms. The van der Waals surface area contributed by atoms with Crippen molar-refractivity contribution < 1.29 is 4.39 Å². The van der Waals surface area contributed by atoms with Gasteiger partial charge < -0.3 is 10.3 Å². The third-order valence-electron chi connectivity index (χ3n) is 3.49. The molecule has 0 spiro atoms. The van der Waals surface area contributed by atoms with Gasteiger partial charge in [0.25, 0.3) is 0 Å². The van der Waals surface area contributed by atoms with Crippen LogP contribution >= 0.6 is 15.9 Å². The van der Waals surface area contributed by atoms with Gasteiger partial charge in [0.05, 0.1) is 15.5 Å². The van der Waals surface area contributed by atoms with Gasteiger partial charge in [0, 0.05) is 12.0 Å². The zero-order chi connectivity index (χ0) is 12.0. The maximum absolute atomic E-state index is 13.4. The predicted octanol–water partition coefficient (Wildman–Crippen LogP) is 2.79. The van der Waals surface area contributed by atoms with Gasteiger partial charge in [-0.3, -0.25) is 0 Å². The molecule has 1 aliphatic heterocycles.